The van der Waals surface area contributed by atoms with Gasteiger partial charge in [0, 0.05) is 0 Å². The Morgan fingerprint density at radius 1 is 1.54 bits per heavy atom. The smallest absolute Gasteiger partial charge is 0.374 e. The van der Waals surface area contributed by atoms with Crippen molar-refractivity contribution in [2.75, 3.05) is 5.73 Å². The molecule has 66 valence electrons. The summed E-state index contributed by atoms with van der Waals surface area (Å²) in [7, 11) is 0. The van der Waals surface area contributed by atoms with Gasteiger partial charge in [-0.05, 0) is 11.4 Å². The van der Waals surface area contributed by atoms with Crippen LogP contribution in [0.25, 0.3) is 10.2 Å². The number of nitrogen functional groups attached to an aromatic ring is 1. The minimum absolute atomic E-state index is 0.220. The van der Waals surface area contributed by atoms with Gasteiger partial charge in [0.15, 0.2) is 0 Å². The van der Waals surface area contributed by atoms with Gasteiger partial charge >= 0.3 is 5.97 Å². The molecule has 0 fully saturated rings. The minimum Gasteiger partial charge on any atom is -0.475 e. The second-order valence-corrected chi connectivity index (χ2v) is 3.29. The van der Waals surface area contributed by atoms with Crippen molar-refractivity contribution >= 4 is 33.3 Å². The standard InChI is InChI=1S/C7H5N3O2S/c8-5-4-3(1-2-13-4)9-6(10-5)7(11)12/h1-2H,(H,11,12)(H2,8,9,10). The van der Waals surface area contributed by atoms with E-state index in [2.05, 4.69) is 9.97 Å². The summed E-state index contributed by atoms with van der Waals surface area (Å²) in [6, 6.07) is 1.71. The number of nitrogens with zero attached hydrogens (tertiary/aromatic N) is 2. The van der Waals surface area contributed by atoms with E-state index in [4.69, 9.17) is 10.8 Å². The zero-order chi connectivity index (χ0) is 9.42. The van der Waals surface area contributed by atoms with E-state index in [1.54, 1.807) is 11.4 Å². The molecule has 5 nitrogen and oxygen atoms in total. The first-order chi connectivity index (χ1) is 6.18. The Bertz CT molecular complexity index is 480. The Balaban J connectivity index is 2.77. The van der Waals surface area contributed by atoms with Crippen LogP contribution in [0.1, 0.15) is 10.6 Å². The van der Waals surface area contributed by atoms with Crippen LogP contribution < -0.4 is 5.73 Å². The third-order valence-corrected chi connectivity index (χ3v) is 2.45. The van der Waals surface area contributed by atoms with Crippen LogP contribution in [0.15, 0.2) is 11.4 Å². The molecule has 0 saturated heterocycles. The van der Waals surface area contributed by atoms with Crippen molar-refractivity contribution in [2.45, 2.75) is 0 Å². The van der Waals surface area contributed by atoms with Gasteiger partial charge in [-0.2, -0.15) is 0 Å². The molecule has 2 rings (SSSR count). The molecule has 2 aromatic rings. The number of nitrogens with two attached hydrogens (primary N) is 1. The first-order valence-corrected chi connectivity index (χ1v) is 4.30. The molecule has 3 N–H and O–H groups in total. The first-order valence-electron chi connectivity index (χ1n) is 3.42. The predicted octanol–water partition coefficient (Wildman–Crippen LogP) is 0.972. The third-order valence-electron chi connectivity index (χ3n) is 1.52. The maximum atomic E-state index is 10.5. The summed E-state index contributed by atoms with van der Waals surface area (Å²) in [5.41, 5.74) is 6.11. The van der Waals surface area contributed by atoms with E-state index in [-0.39, 0.29) is 11.6 Å². The normalized spacial score (nSPS) is 10.5. The van der Waals surface area contributed by atoms with Crippen LogP contribution in [-0.4, -0.2) is 21.0 Å². The Morgan fingerprint density at radius 2 is 2.31 bits per heavy atom. The van der Waals surface area contributed by atoms with Gasteiger partial charge in [-0.3, -0.25) is 0 Å². The van der Waals surface area contributed by atoms with Gasteiger partial charge in [-0.15, -0.1) is 11.3 Å². The summed E-state index contributed by atoms with van der Waals surface area (Å²) in [6.07, 6.45) is 0. The van der Waals surface area contributed by atoms with Crippen molar-refractivity contribution in [3.63, 3.8) is 0 Å². The Morgan fingerprint density at radius 3 is 3.00 bits per heavy atom. The van der Waals surface area contributed by atoms with Gasteiger partial charge in [0.05, 0.1) is 10.2 Å². The van der Waals surface area contributed by atoms with E-state index in [0.717, 1.165) is 4.70 Å². The molecule has 2 heterocycles. The van der Waals surface area contributed by atoms with Crippen LogP contribution in [0.4, 0.5) is 5.82 Å². The van der Waals surface area contributed by atoms with E-state index in [0.29, 0.717) is 5.52 Å². The molecular formula is C7H5N3O2S. The van der Waals surface area contributed by atoms with Crippen molar-refractivity contribution in [2.24, 2.45) is 0 Å². The van der Waals surface area contributed by atoms with E-state index in [1.807, 2.05) is 0 Å². The summed E-state index contributed by atoms with van der Waals surface area (Å²) >= 11 is 1.39. The molecule has 0 radical (unpaired) electrons. The largest absolute Gasteiger partial charge is 0.475 e. The Kier molecular flexibility index (Phi) is 1.63. The monoisotopic (exact) mass is 195 g/mol. The summed E-state index contributed by atoms with van der Waals surface area (Å²) in [5, 5.41) is 10.4. The molecule has 0 aliphatic heterocycles. The first kappa shape index (κ1) is 7.93. The van der Waals surface area contributed by atoms with Crippen LogP contribution in [0.2, 0.25) is 0 Å². The number of hydrogen-bond acceptors (Lipinski definition) is 5. The zero-order valence-electron chi connectivity index (χ0n) is 6.39. The third kappa shape index (κ3) is 1.20. The molecule has 0 spiro atoms. The molecule has 6 heteroatoms. The van der Waals surface area contributed by atoms with E-state index >= 15 is 0 Å². The molecule has 0 atom stereocenters. The highest BCUT2D eigenvalue weighted by Gasteiger charge is 2.11. The lowest BCUT2D eigenvalue weighted by molar-refractivity contribution is 0.0684. The second-order valence-electron chi connectivity index (χ2n) is 2.37. The number of aromatic nitrogens is 2. The fraction of sp³-hybridized carbons (Fsp3) is 0. The molecule has 0 aliphatic rings. The number of rotatable bonds is 1. The number of anilines is 1. The number of carbonyl (C=O) groups is 1. The highest BCUT2D eigenvalue weighted by Crippen LogP contribution is 2.23. The molecule has 0 aromatic carbocycles. The number of aromatic carboxylic acids is 1. The molecule has 0 unspecified atom stereocenters. The highest BCUT2D eigenvalue weighted by molar-refractivity contribution is 7.17. The Labute approximate surface area is 76.9 Å². The maximum absolute atomic E-state index is 10.5. The van der Waals surface area contributed by atoms with Gasteiger partial charge in [0.2, 0.25) is 5.82 Å². The highest BCUT2D eigenvalue weighted by atomic mass is 32.1. The van der Waals surface area contributed by atoms with E-state index in [1.165, 1.54) is 11.3 Å². The summed E-state index contributed by atoms with van der Waals surface area (Å²) in [6.45, 7) is 0. The zero-order valence-corrected chi connectivity index (χ0v) is 7.21. The fourth-order valence-electron chi connectivity index (χ4n) is 0.982. The number of carboxylic acids is 1. The summed E-state index contributed by atoms with van der Waals surface area (Å²) in [5.74, 6) is -1.21. The van der Waals surface area contributed by atoms with Crippen molar-refractivity contribution in [3.05, 3.63) is 17.3 Å². The molecular weight excluding hydrogens is 190 g/mol. The molecule has 0 bridgehead atoms. The van der Waals surface area contributed by atoms with Crippen molar-refractivity contribution in [1.82, 2.24) is 9.97 Å². The number of fused-ring (bicyclic) bond motifs is 1. The Hall–Kier alpha value is -1.69. The predicted molar refractivity (Wildman–Crippen MR) is 48.8 cm³/mol. The summed E-state index contributed by atoms with van der Waals surface area (Å²) < 4.78 is 0.727. The number of carboxylic acid groups (broad SMARTS) is 1. The number of thiophene rings is 1. The number of hydrogen-bond donors (Lipinski definition) is 2. The van der Waals surface area contributed by atoms with Crippen molar-refractivity contribution in [3.8, 4) is 0 Å². The van der Waals surface area contributed by atoms with Gasteiger partial charge in [-0.25, -0.2) is 14.8 Å². The van der Waals surface area contributed by atoms with Gasteiger partial charge in [0.1, 0.15) is 5.82 Å². The lowest BCUT2D eigenvalue weighted by Gasteiger charge is -1.96. The van der Waals surface area contributed by atoms with Crippen LogP contribution in [0, 0.1) is 0 Å². The minimum atomic E-state index is -1.17. The molecule has 0 saturated carbocycles. The van der Waals surface area contributed by atoms with E-state index < -0.39 is 5.97 Å². The van der Waals surface area contributed by atoms with E-state index in [9.17, 15) is 4.79 Å². The van der Waals surface area contributed by atoms with Gasteiger partial charge < -0.3 is 10.8 Å². The average molecular weight is 195 g/mol. The second kappa shape index (κ2) is 2.67. The van der Waals surface area contributed by atoms with Gasteiger partial charge in [-0.1, -0.05) is 0 Å². The average Bonchev–Trinajstić information content (AvgIpc) is 2.51. The molecule has 0 aliphatic carbocycles. The fourth-order valence-corrected chi connectivity index (χ4v) is 1.72. The van der Waals surface area contributed by atoms with Crippen molar-refractivity contribution in [1.29, 1.82) is 0 Å². The van der Waals surface area contributed by atoms with Crippen molar-refractivity contribution < 1.29 is 9.90 Å². The van der Waals surface area contributed by atoms with Crippen LogP contribution >= 0.6 is 11.3 Å². The molecule has 13 heavy (non-hydrogen) atoms. The summed E-state index contributed by atoms with van der Waals surface area (Å²) in [4.78, 5) is 18.0. The SMILES string of the molecule is Nc1nc(C(=O)O)nc2ccsc12. The molecule has 2 aromatic heterocycles. The quantitative estimate of drug-likeness (QED) is 0.707. The topological polar surface area (TPSA) is 89.1 Å². The lowest BCUT2D eigenvalue weighted by atomic mass is 10.4. The lowest BCUT2D eigenvalue weighted by Crippen LogP contribution is -2.05. The van der Waals surface area contributed by atoms with Gasteiger partial charge in [0.25, 0.3) is 0 Å². The van der Waals surface area contributed by atoms with Crippen LogP contribution in [-0.2, 0) is 0 Å². The maximum Gasteiger partial charge on any atom is 0.374 e. The molecule has 0 amide bonds. The van der Waals surface area contributed by atoms with Crippen LogP contribution in [0.3, 0.4) is 0 Å². The van der Waals surface area contributed by atoms with Crippen LogP contribution in [0.5, 0.6) is 0 Å².